The minimum Gasteiger partial charge on any atom is -0.506 e. The minimum absolute atomic E-state index is 0.0379. The van der Waals surface area contributed by atoms with E-state index in [-0.39, 0.29) is 31.8 Å². The Labute approximate surface area is 143 Å². The van der Waals surface area contributed by atoms with Crippen molar-refractivity contribution in [3.05, 3.63) is 23.0 Å². The molecule has 1 atom stereocenters. The molecule has 0 unspecified atom stereocenters. The van der Waals surface area contributed by atoms with E-state index in [1.807, 2.05) is 0 Å². The maximum absolute atomic E-state index is 10.5. The number of carboxylic acids is 2. The summed E-state index contributed by atoms with van der Waals surface area (Å²) in [7, 11) is 0. The number of pyridine rings is 1. The van der Waals surface area contributed by atoms with Crippen LogP contribution in [0.25, 0.3) is 0 Å². The van der Waals surface area contributed by atoms with Crippen molar-refractivity contribution >= 4 is 17.8 Å². The maximum Gasteiger partial charge on any atom is 0.326 e. The summed E-state index contributed by atoms with van der Waals surface area (Å²) in [6.07, 6.45) is 1.06. The lowest BCUT2D eigenvalue weighted by Gasteiger charge is -2.10. The number of aliphatic hydroxyl groups is 2. The molecule has 1 aromatic heterocycles. The van der Waals surface area contributed by atoms with Crippen LogP contribution < -0.4 is 5.32 Å². The van der Waals surface area contributed by atoms with Crippen LogP contribution in [0.3, 0.4) is 0 Å². The fourth-order valence-corrected chi connectivity index (χ4v) is 1.77. The zero-order valence-electron chi connectivity index (χ0n) is 13.9. The number of aromatic hydroxyl groups is 1. The highest BCUT2D eigenvalue weighted by molar-refractivity contribution is 5.82. The number of nitrogens with one attached hydrogen (secondary N) is 1. The van der Waals surface area contributed by atoms with Crippen molar-refractivity contribution in [3.63, 3.8) is 0 Å². The Morgan fingerprint density at radius 1 is 1.20 bits per heavy atom. The first-order chi connectivity index (χ1) is 11.6. The second kappa shape index (κ2) is 10.9. The van der Waals surface area contributed by atoms with Crippen LogP contribution in [0.5, 0.6) is 5.75 Å². The quantitative estimate of drug-likeness (QED) is 0.375. The standard InChI is InChI=1S/C8H11NO3.C7H11NO5/c1-5-8(12)7(4-11)6(3-10)2-9-5;1-4(9)8-5(7(12)13)2-3-6(10)11/h2,10-12H,3-4H2,1H3;5H,2-3H2,1H3,(H,8,9)(H,10,11)(H,12,13)/t;5-/m.0/s1. The van der Waals surface area contributed by atoms with Gasteiger partial charge in [-0.25, -0.2) is 4.79 Å². The largest absolute Gasteiger partial charge is 0.506 e. The van der Waals surface area contributed by atoms with Gasteiger partial charge in [0.05, 0.1) is 18.9 Å². The molecule has 0 aliphatic carbocycles. The summed E-state index contributed by atoms with van der Waals surface area (Å²) in [5.74, 6) is -2.84. The summed E-state index contributed by atoms with van der Waals surface area (Å²) in [6.45, 7) is 2.30. The molecule has 25 heavy (non-hydrogen) atoms. The Morgan fingerprint density at radius 3 is 2.20 bits per heavy atom. The van der Waals surface area contributed by atoms with Crippen molar-refractivity contribution in [1.82, 2.24) is 10.3 Å². The lowest BCUT2D eigenvalue weighted by molar-refractivity contribution is -0.142. The number of aryl methyl sites for hydroxylation is 1. The number of aliphatic carboxylic acids is 2. The van der Waals surface area contributed by atoms with Crippen molar-refractivity contribution in [2.24, 2.45) is 0 Å². The number of hydrogen-bond acceptors (Lipinski definition) is 7. The van der Waals surface area contributed by atoms with E-state index in [4.69, 9.17) is 20.4 Å². The normalized spacial score (nSPS) is 11.0. The summed E-state index contributed by atoms with van der Waals surface area (Å²) < 4.78 is 0. The molecular weight excluding hydrogens is 336 g/mol. The van der Waals surface area contributed by atoms with Crippen LogP contribution in [-0.2, 0) is 27.6 Å². The van der Waals surface area contributed by atoms with E-state index in [1.165, 1.54) is 13.1 Å². The van der Waals surface area contributed by atoms with Gasteiger partial charge in [0.25, 0.3) is 0 Å². The Balaban J connectivity index is 0.000000462. The first-order valence-electron chi connectivity index (χ1n) is 7.23. The number of carbonyl (C=O) groups excluding carboxylic acids is 1. The minimum atomic E-state index is -1.23. The molecular formula is C15H22N2O8. The fraction of sp³-hybridized carbons (Fsp3) is 0.467. The molecule has 6 N–H and O–H groups in total. The van der Waals surface area contributed by atoms with Gasteiger partial charge in [-0.2, -0.15) is 0 Å². The Morgan fingerprint density at radius 2 is 1.80 bits per heavy atom. The van der Waals surface area contributed by atoms with E-state index >= 15 is 0 Å². The monoisotopic (exact) mass is 358 g/mol. The lowest BCUT2D eigenvalue weighted by Crippen LogP contribution is -2.39. The molecule has 0 aliphatic heterocycles. The van der Waals surface area contributed by atoms with E-state index in [0.29, 0.717) is 16.8 Å². The second-order valence-electron chi connectivity index (χ2n) is 5.04. The average molecular weight is 358 g/mol. The highest BCUT2D eigenvalue weighted by Gasteiger charge is 2.18. The fourth-order valence-electron chi connectivity index (χ4n) is 1.77. The molecule has 0 saturated heterocycles. The predicted molar refractivity (Wildman–Crippen MR) is 84.6 cm³/mol. The van der Waals surface area contributed by atoms with Gasteiger partial charge in [-0.1, -0.05) is 0 Å². The van der Waals surface area contributed by atoms with Crippen molar-refractivity contribution in [3.8, 4) is 5.75 Å². The van der Waals surface area contributed by atoms with Gasteiger partial charge in [0.15, 0.2) is 0 Å². The molecule has 0 aliphatic rings. The van der Waals surface area contributed by atoms with Gasteiger partial charge in [0.2, 0.25) is 5.91 Å². The van der Waals surface area contributed by atoms with Crippen molar-refractivity contribution < 1.29 is 39.9 Å². The van der Waals surface area contributed by atoms with Gasteiger partial charge >= 0.3 is 11.9 Å². The molecule has 140 valence electrons. The molecule has 10 nitrogen and oxygen atoms in total. The van der Waals surface area contributed by atoms with Crippen LogP contribution in [-0.4, -0.2) is 54.4 Å². The van der Waals surface area contributed by atoms with Crippen molar-refractivity contribution in [2.75, 3.05) is 0 Å². The van der Waals surface area contributed by atoms with Gasteiger partial charge in [0.1, 0.15) is 11.8 Å². The van der Waals surface area contributed by atoms with Gasteiger partial charge in [-0.15, -0.1) is 0 Å². The molecule has 1 aromatic rings. The molecule has 1 amide bonds. The summed E-state index contributed by atoms with van der Waals surface area (Å²) in [6, 6.07) is -1.12. The van der Waals surface area contributed by atoms with Gasteiger partial charge in [0, 0.05) is 30.7 Å². The summed E-state index contributed by atoms with van der Waals surface area (Å²) in [5.41, 5.74) is 1.27. The third-order valence-corrected chi connectivity index (χ3v) is 3.08. The molecule has 0 radical (unpaired) electrons. The highest BCUT2D eigenvalue weighted by Crippen LogP contribution is 2.23. The second-order valence-corrected chi connectivity index (χ2v) is 5.04. The van der Waals surface area contributed by atoms with Crippen LogP contribution in [0.4, 0.5) is 0 Å². The first-order valence-corrected chi connectivity index (χ1v) is 7.23. The SMILES string of the molecule is CC(=O)N[C@@H](CCC(=O)O)C(=O)O.Cc1ncc(CO)c(CO)c1O. The number of amides is 1. The number of carboxylic acid groups (broad SMARTS) is 2. The van der Waals surface area contributed by atoms with E-state index in [1.54, 1.807) is 6.92 Å². The van der Waals surface area contributed by atoms with E-state index < -0.39 is 23.9 Å². The maximum atomic E-state index is 10.5. The highest BCUT2D eigenvalue weighted by atomic mass is 16.4. The van der Waals surface area contributed by atoms with Crippen molar-refractivity contribution in [1.29, 1.82) is 0 Å². The van der Waals surface area contributed by atoms with Gasteiger partial charge in [-0.05, 0) is 13.3 Å². The molecule has 0 bridgehead atoms. The van der Waals surface area contributed by atoms with E-state index in [2.05, 4.69) is 10.3 Å². The van der Waals surface area contributed by atoms with E-state index in [0.717, 1.165) is 0 Å². The smallest absolute Gasteiger partial charge is 0.326 e. The lowest BCUT2D eigenvalue weighted by atomic mass is 10.1. The summed E-state index contributed by atoms with van der Waals surface area (Å²) in [5, 5.41) is 46.0. The summed E-state index contributed by atoms with van der Waals surface area (Å²) >= 11 is 0. The van der Waals surface area contributed by atoms with Crippen LogP contribution in [0.1, 0.15) is 36.6 Å². The van der Waals surface area contributed by atoms with Crippen LogP contribution in [0.15, 0.2) is 6.20 Å². The molecule has 1 rings (SSSR count). The number of aliphatic hydroxyl groups excluding tert-OH is 2. The molecule has 0 fully saturated rings. The third-order valence-electron chi connectivity index (χ3n) is 3.08. The Kier molecular flexibility index (Phi) is 9.75. The van der Waals surface area contributed by atoms with Gasteiger partial charge < -0.3 is 30.8 Å². The van der Waals surface area contributed by atoms with Crippen LogP contribution >= 0.6 is 0 Å². The molecule has 0 aromatic carbocycles. The Hall–Kier alpha value is -2.72. The molecule has 10 heteroatoms. The number of hydrogen-bond donors (Lipinski definition) is 6. The zero-order chi connectivity index (χ0) is 19.6. The molecule has 1 heterocycles. The van der Waals surface area contributed by atoms with Crippen LogP contribution in [0, 0.1) is 6.92 Å². The summed E-state index contributed by atoms with van der Waals surface area (Å²) in [4.78, 5) is 34.9. The number of rotatable bonds is 7. The number of nitrogens with zero attached hydrogens (tertiary/aromatic N) is 1. The topological polar surface area (TPSA) is 177 Å². The van der Waals surface area contributed by atoms with Crippen LogP contribution in [0.2, 0.25) is 0 Å². The zero-order valence-corrected chi connectivity index (χ0v) is 13.9. The number of carbonyl (C=O) groups is 3. The Bertz CT molecular complexity index is 618. The molecule has 0 spiro atoms. The third kappa shape index (κ3) is 8.08. The van der Waals surface area contributed by atoms with E-state index in [9.17, 15) is 19.5 Å². The molecule has 0 saturated carbocycles. The average Bonchev–Trinajstić information content (AvgIpc) is 2.53. The number of aromatic nitrogens is 1. The first kappa shape index (κ1) is 22.3. The predicted octanol–water partition coefficient (Wildman–Crippen LogP) is -0.479. The van der Waals surface area contributed by atoms with Gasteiger partial charge in [-0.3, -0.25) is 14.6 Å². The van der Waals surface area contributed by atoms with Crippen molar-refractivity contribution in [2.45, 2.75) is 45.9 Å².